The summed E-state index contributed by atoms with van der Waals surface area (Å²) in [5, 5.41) is 8.07. The zero-order valence-corrected chi connectivity index (χ0v) is 13.4. The molecule has 0 aliphatic heterocycles. The summed E-state index contributed by atoms with van der Waals surface area (Å²) < 4.78 is 22.9. The summed E-state index contributed by atoms with van der Waals surface area (Å²) in [5.41, 5.74) is 0.251. The summed E-state index contributed by atoms with van der Waals surface area (Å²) in [5.74, 6) is 0.128. The molecule has 0 radical (unpaired) electrons. The monoisotopic (exact) mass is 330 g/mol. The van der Waals surface area contributed by atoms with Crippen LogP contribution in [0.15, 0.2) is 23.1 Å². The smallest absolute Gasteiger partial charge is 0.251 e. The first-order valence-electron chi connectivity index (χ1n) is 6.92. The number of halogens is 1. The average molecular weight is 331 g/mol. The molecule has 1 aromatic rings. The Morgan fingerprint density at radius 3 is 2.62 bits per heavy atom. The molecule has 0 aromatic heterocycles. The molecule has 0 spiro atoms. The van der Waals surface area contributed by atoms with Gasteiger partial charge in [0, 0.05) is 11.6 Å². The second kappa shape index (κ2) is 6.34. The number of hydrogen-bond acceptors (Lipinski definition) is 3. The molecule has 0 heterocycles. The van der Waals surface area contributed by atoms with Crippen LogP contribution in [0.3, 0.4) is 0 Å². The fourth-order valence-corrected chi connectivity index (χ4v) is 3.72. The molecule has 2 atom stereocenters. The third-order valence-corrected chi connectivity index (χ3v) is 5.32. The van der Waals surface area contributed by atoms with Crippen LogP contribution >= 0.6 is 11.6 Å². The molecule has 5 nitrogen and oxygen atoms in total. The number of rotatable bonds is 3. The second-order valence-electron chi connectivity index (χ2n) is 5.53. The molecule has 0 saturated heterocycles. The van der Waals surface area contributed by atoms with Gasteiger partial charge in [0.1, 0.15) is 4.90 Å². The number of amides is 1. The van der Waals surface area contributed by atoms with E-state index in [0.717, 1.165) is 19.3 Å². The van der Waals surface area contributed by atoms with E-state index in [1.807, 2.05) is 0 Å². The Balaban J connectivity index is 2.20. The molecule has 116 valence electrons. The fourth-order valence-electron chi connectivity index (χ4n) is 2.65. The van der Waals surface area contributed by atoms with Crippen molar-refractivity contribution in [2.24, 2.45) is 11.1 Å². The molecule has 1 aliphatic rings. The molecule has 1 aliphatic carbocycles. The maximum atomic E-state index is 12.3. The Hall–Kier alpha value is -1.11. The highest BCUT2D eigenvalue weighted by Crippen LogP contribution is 2.25. The van der Waals surface area contributed by atoms with E-state index in [0.29, 0.717) is 5.92 Å². The van der Waals surface area contributed by atoms with Crippen molar-refractivity contribution in [3.8, 4) is 0 Å². The van der Waals surface area contributed by atoms with Crippen LogP contribution < -0.4 is 10.5 Å². The van der Waals surface area contributed by atoms with Gasteiger partial charge < -0.3 is 5.32 Å². The Morgan fingerprint density at radius 1 is 1.33 bits per heavy atom. The van der Waals surface area contributed by atoms with Crippen molar-refractivity contribution in [3.05, 3.63) is 28.8 Å². The normalized spacial score (nSPS) is 22.8. The minimum Gasteiger partial charge on any atom is -0.349 e. The number of primary sulfonamides is 1. The SMILES string of the molecule is C[C@@H]1CCCC[C@@H]1NC(=O)c1ccc(Cl)c(S(N)(=O)=O)c1. The highest BCUT2D eigenvalue weighted by molar-refractivity contribution is 7.89. The minimum atomic E-state index is -3.95. The third-order valence-electron chi connectivity index (χ3n) is 3.93. The maximum Gasteiger partial charge on any atom is 0.251 e. The minimum absolute atomic E-state index is 0.0140. The van der Waals surface area contributed by atoms with Gasteiger partial charge in [-0.05, 0) is 37.0 Å². The summed E-state index contributed by atoms with van der Waals surface area (Å²) >= 11 is 5.81. The molecular formula is C14H19ClN2O3S. The zero-order chi connectivity index (χ0) is 15.6. The van der Waals surface area contributed by atoms with Crippen molar-refractivity contribution in [3.63, 3.8) is 0 Å². The molecule has 0 unspecified atom stereocenters. The lowest BCUT2D eigenvalue weighted by molar-refractivity contribution is 0.0910. The Kier molecular flexibility index (Phi) is 4.91. The van der Waals surface area contributed by atoms with Crippen molar-refractivity contribution in [1.82, 2.24) is 5.32 Å². The first-order valence-corrected chi connectivity index (χ1v) is 8.84. The first kappa shape index (κ1) is 16.3. The summed E-state index contributed by atoms with van der Waals surface area (Å²) in [6.45, 7) is 2.11. The number of carbonyl (C=O) groups is 1. The van der Waals surface area contributed by atoms with E-state index in [2.05, 4.69) is 12.2 Å². The quantitative estimate of drug-likeness (QED) is 0.891. The first-order chi connectivity index (χ1) is 9.79. The fraction of sp³-hybridized carbons (Fsp3) is 0.500. The molecule has 1 saturated carbocycles. The van der Waals surface area contributed by atoms with E-state index in [-0.39, 0.29) is 27.4 Å². The van der Waals surface area contributed by atoms with E-state index < -0.39 is 10.0 Å². The summed E-state index contributed by atoms with van der Waals surface area (Å²) in [7, 11) is -3.95. The molecule has 3 N–H and O–H groups in total. The van der Waals surface area contributed by atoms with Crippen molar-refractivity contribution in [2.75, 3.05) is 0 Å². The van der Waals surface area contributed by atoms with Gasteiger partial charge in [-0.25, -0.2) is 13.6 Å². The highest BCUT2D eigenvalue weighted by atomic mass is 35.5. The van der Waals surface area contributed by atoms with Crippen molar-refractivity contribution < 1.29 is 13.2 Å². The average Bonchev–Trinajstić information content (AvgIpc) is 2.40. The van der Waals surface area contributed by atoms with E-state index in [1.165, 1.54) is 24.6 Å². The van der Waals surface area contributed by atoms with Crippen LogP contribution in [0.25, 0.3) is 0 Å². The van der Waals surface area contributed by atoms with Crippen LogP contribution in [-0.4, -0.2) is 20.4 Å². The predicted molar refractivity (Wildman–Crippen MR) is 81.7 cm³/mol. The second-order valence-corrected chi connectivity index (χ2v) is 7.47. The van der Waals surface area contributed by atoms with Gasteiger partial charge in [-0.3, -0.25) is 4.79 Å². The van der Waals surface area contributed by atoms with Gasteiger partial charge in [0.05, 0.1) is 5.02 Å². The van der Waals surface area contributed by atoms with Crippen molar-refractivity contribution in [1.29, 1.82) is 0 Å². The zero-order valence-electron chi connectivity index (χ0n) is 11.8. The van der Waals surface area contributed by atoms with Gasteiger partial charge in [0.25, 0.3) is 5.91 Å². The van der Waals surface area contributed by atoms with Gasteiger partial charge in [-0.15, -0.1) is 0 Å². The number of sulfonamides is 1. The van der Waals surface area contributed by atoms with Crippen LogP contribution in [0.1, 0.15) is 43.0 Å². The maximum absolute atomic E-state index is 12.3. The standard InChI is InChI=1S/C14H19ClN2O3S/c1-9-4-2-3-5-12(9)17-14(18)10-6-7-11(15)13(8-10)21(16,19)20/h6-9,12H,2-5H2,1H3,(H,17,18)(H2,16,19,20)/t9-,12+/m1/s1. The molecule has 1 fully saturated rings. The van der Waals surface area contributed by atoms with E-state index in [1.54, 1.807) is 0 Å². The molecule has 0 bridgehead atoms. The topological polar surface area (TPSA) is 89.3 Å². The summed E-state index contributed by atoms with van der Waals surface area (Å²) in [4.78, 5) is 12.0. The van der Waals surface area contributed by atoms with E-state index in [4.69, 9.17) is 16.7 Å². The molecule has 1 aromatic carbocycles. The van der Waals surface area contributed by atoms with E-state index >= 15 is 0 Å². The largest absolute Gasteiger partial charge is 0.349 e. The van der Waals surface area contributed by atoms with Gasteiger partial charge >= 0.3 is 0 Å². The third kappa shape index (κ3) is 3.96. The summed E-state index contributed by atoms with van der Waals surface area (Å²) in [6, 6.07) is 4.22. The van der Waals surface area contributed by atoms with Crippen LogP contribution in [-0.2, 0) is 10.0 Å². The van der Waals surface area contributed by atoms with Crippen LogP contribution in [0.5, 0.6) is 0 Å². The highest BCUT2D eigenvalue weighted by Gasteiger charge is 2.24. The van der Waals surface area contributed by atoms with Crippen molar-refractivity contribution in [2.45, 2.75) is 43.5 Å². The number of carbonyl (C=O) groups excluding carboxylic acids is 1. The Bertz CT molecular complexity index is 646. The number of nitrogens with two attached hydrogens (primary N) is 1. The molecular weight excluding hydrogens is 312 g/mol. The number of benzene rings is 1. The van der Waals surface area contributed by atoms with Gasteiger partial charge in [0.15, 0.2) is 0 Å². The molecule has 1 amide bonds. The Labute approximate surface area is 129 Å². The molecule has 2 rings (SSSR count). The predicted octanol–water partition coefficient (Wildman–Crippen LogP) is 2.30. The lowest BCUT2D eigenvalue weighted by atomic mass is 9.86. The van der Waals surface area contributed by atoms with E-state index in [9.17, 15) is 13.2 Å². The summed E-state index contributed by atoms with van der Waals surface area (Å²) in [6.07, 6.45) is 4.32. The number of hydrogen-bond donors (Lipinski definition) is 2. The van der Waals surface area contributed by atoms with Crippen molar-refractivity contribution >= 4 is 27.5 Å². The van der Waals surface area contributed by atoms with Gasteiger partial charge in [-0.1, -0.05) is 31.4 Å². The van der Waals surface area contributed by atoms with Crippen LogP contribution in [0, 0.1) is 5.92 Å². The molecule has 21 heavy (non-hydrogen) atoms. The van der Waals surface area contributed by atoms with Gasteiger partial charge in [-0.2, -0.15) is 0 Å². The van der Waals surface area contributed by atoms with Crippen LogP contribution in [0.2, 0.25) is 5.02 Å². The lowest BCUT2D eigenvalue weighted by Gasteiger charge is -2.29. The van der Waals surface area contributed by atoms with Gasteiger partial charge in [0.2, 0.25) is 10.0 Å². The Morgan fingerprint density at radius 2 is 2.00 bits per heavy atom. The number of nitrogens with one attached hydrogen (secondary N) is 1. The van der Waals surface area contributed by atoms with Crippen LogP contribution in [0.4, 0.5) is 0 Å². The molecule has 7 heteroatoms. The lowest BCUT2D eigenvalue weighted by Crippen LogP contribution is -2.41.